The maximum absolute atomic E-state index is 12.6. The molecule has 56 valence electrons. The van der Waals surface area contributed by atoms with Crippen LogP contribution in [0, 0.1) is 17.8 Å². The van der Waals surface area contributed by atoms with E-state index in [-0.39, 0.29) is 0 Å². The van der Waals surface area contributed by atoms with Gasteiger partial charge in [0.15, 0.2) is 0 Å². The molecule has 0 amide bonds. The Hall–Kier alpha value is -1.04. The lowest BCUT2D eigenvalue weighted by atomic mass is 9.89. The van der Waals surface area contributed by atoms with E-state index in [9.17, 15) is 9.18 Å². The van der Waals surface area contributed by atoms with Crippen LogP contribution in [-0.2, 0) is 4.79 Å². The zero-order valence-corrected chi connectivity index (χ0v) is 5.89. The molecule has 3 heteroatoms. The normalized spacial score (nSPS) is 13.8. The average molecular weight is 144 g/mol. The number of hydrogen-bond donors (Lipinski definition) is 1. The molecular formula is C7H9FO2. The standard InChI is InChI=1S/C7H9FO2/c1-4-7(2,3)5(8)6(9)10/h1,5H,2-3H3,(H,9,10). The minimum atomic E-state index is -1.99. The summed E-state index contributed by atoms with van der Waals surface area (Å²) in [6.07, 6.45) is 2.90. The Morgan fingerprint density at radius 2 is 2.20 bits per heavy atom. The van der Waals surface area contributed by atoms with Crippen LogP contribution in [0.15, 0.2) is 0 Å². The Bertz CT molecular complexity index is 179. The topological polar surface area (TPSA) is 37.3 Å². The number of carboxylic acids is 1. The van der Waals surface area contributed by atoms with Crippen LogP contribution in [0.2, 0.25) is 0 Å². The van der Waals surface area contributed by atoms with Gasteiger partial charge in [0.05, 0.1) is 5.41 Å². The van der Waals surface area contributed by atoms with Crippen LogP contribution in [0.25, 0.3) is 0 Å². The van der Waals surface area contributed by atoms with Crippen molar-refractivity contribution in [1.29, 1.82) is 0 Å². The Kier molecular flexibility index (Phi) is 2.42. The van der Waals surface area contributed by atoms with Gasteiger partial charge in [-0.05, 0) is 13.8 Å². The number of halogens is 1. The molecule has 0 saturated heterocycles. The van der Waals surface area contributed by atoms with Crippen LogP contribution in [0.5, 0.6) is 0 Å². The maximum atomic E-state index is 12.6. The van der Waals surface area contributed by atoms with Gasteiger partial charge in [-0.15, -0.1) is 6.42 Å². The summed E-state index contributed by atoms with van der Waals surface area (Å²) in [6, 6.07) is 0. The Balaban J connectivity index is 4.37. The molecule has 0 saturated carbocycles. The van der Waals surface area contributed by atoms with Crippen molar-refractivity contribution < 1.29 is 14.3 Å². The molecule has 1 atom stereocenters. The molecule has 0 radical (unpaired) electrons. The predicted octanol–water partition coefficient (Wildman–Crippen LogP) is 1.07. The molecule has 0 aliphatic carbocycles. The third kappa shape index (κ3) is 1.73. The van der Waals surface area contributed by atoms with E-state index in [1.807, 2.05) is 0 Å². The van der Waals surface area contributed by atoms with Gasteiger partial charge >= 0.3 is 5.97 Å². The molecule has 0 aliphatic heterocycles. The van der Waals surface area contributed by atoms with Crippen LogP contribution in [0.4, 0.5) is 4.39 Å². The highest BCUT2D eigenvalue weighted by Crippen LogP contribution is 2.21. The first-order valence-electron chi connectivity index (χ1n) is 2.76. The summed E-state index contributed by atoms with van der Waals surface area (Å²) < 4.78 is 12.6. The molecule has 0 bridgehead atoms. The molecule has 10 heavy (non-hydrogen) atoms. The summed E-state index contributed by atoms with van der Waals surface area (Å²) in [4.78, 5) is 10.0. The minimum Gasteiger partial charge on any atom is -0.479 e. The number of aliphatic carboxylic acids is 1. The SMILES string of the molecule is C#CC(C)(C)C(F)C(=O)O. The lowest BCUT2D eigenvalue weighted by Gasteiger charge is -2.18. The highest BCUT2D eigenvalue weighted by molar-refractivity contribution is 5.73. The van der Waals surface area contributed by atoms with Crippen molar-refractivity contribution in [2.24, 2.45) is 5.41 Å². The van der Waals surface area contributed by atoms with E-state index < -0.39 is 17.6 Å². The van der Waals surface area contributed by atoms with E-state index in [1.165, 1.54) is 13.8 Å². The van der Waals surface area contributed by atoms with Crippen LogP contribution in [0.1, 0.15) is 13.8 Å². The van der Waals surface area contributed by atoms with Crippen LogP contribution < -0.4 is 0 Å². The summed E-state index contributed by atoms with van der Waals surface area (Å²) in [5.41, 5.74) is -1.22. The van der Waals surface area contributed by atoms with Crippen molar-refractivity contribution in [2.75, 3.05) is 0 Å². The van der Waals surface area contributed by atoms with Crippen LogP contribution in [0.3, 0.4) is 0 Å². The van der Waals surface area contributed by atoms with Crippen molar-refractivity contribution in [3.8, 4) is 12.3 Å². The third-order valence-corrected chi connectivity index (χ3v) is 1.22. The van der Waals surface area contributed by atoms with Gasteiger partial charge in [0.2, 0.25) is 6.17 Å². The van der Waals surface area contributed by atoms with Crippen molar-refractivity contribution in [3.63, 3.8) is 0 Å². The second-order valence-electron chi connectivity index (χ2n) is 2.57. The lowest BCUT2D eigenvalue weighted by molar-refractivity contribution is -0.145. The average Bonchev–Trinajstić information content (AvgIpc) is 1.86. The number of carbonyl (C=O) groups is 1. The molecule has 0 rings (SSSR count). The monoisotopic (exact) mass is 144 g/mol. The van der Waals surface area contributed by atoms with Crippen LogP contribution >= 0.6 is 0 Å². The smallest absolute Gasteiger partial charge is 0.339 e. The molecule has 0 aromatic heterocycles. The van der Waals surface area contributed by atoms with E-state index >= 15 is 0 Å². The number of rotatable bonds is 2. The van der Waals surface area contributed by atoms with Crippen molar-refractivity contribution in [2.45, 2.75) is 20.0 Å². The van der Waals surface area contributed by atoms with Gasteiger partial charge in [0.25, 0.3) is 0 Å². The fraction of sp³-hybridized carbons (Fsp3) is 0.571. The van der Waals surface area contributed by atoms with Crippen LogP contribution in [-0.4, -0.2) is 17.2 Å². The van der Waals surface area contributed by atoms with E-state index in [1.54, 1.807) is 0 Å². The number of carboxylic acid groups (broad SMARTS) is 1. The number of hydrogen-bond acceptors (Lipinski definition) is 1. The minimum absolute atomic E-state index is 1.22. The molecule has 0 fully saturated rings. The fourth-order valence-electron chi connectivity index (χ4n) is 0.382. The fourth-order valence-corrected chi connectivity index (χ4v) is 0.382. The molecule has 1 unspecified atom stereocenters. The molecule has 2 nitrogen and oxygen atoms in total. The zero-order chi connectivity index (χ0) is 8.36. The van der Waals surface area contributed by atoms with Crippen molar-refractivity contribution in [1.82, 2.24) is 0 Å². The largest absolute Gasteiger partial charge is 0.479 e. The second-order valence-corrected chi connectivity index (χ2v) is 2.57. The molecule has 0 aliphatic rings. The highest BCUT2D eigenvalue weighted by Gasteiger charge is 2.33. The summed E-state index contributed by atoms with van der Waals surface area (Å²) >= 11 is 0. The van der Waals surface area contributed by atoms with Crippen molar-refractivity contribution >= 4 is 5.97 Å². The maximum Gasteiger partial charge on any atom is 0.339 e. The Morgan fingerprint density at radius 1 is 1.80 bits per heavy atom. The molecule has 0 heterocycles. The first-order valence-corrected chi connectivity index (χ1v) is 2.76. The summed E-state index contributed by atoms with van der Waals surface area (Å²) in [7, 11) is 0. The lowest BCUT2D eigenvalue weighted by Crippen LogP contribution is -2.31. The van der Waals surface area contributed by atoms with Gasteiger partial charge in [-0.25, -0.2) is 9.18 Å². The second kappa shape index (κ2) is 2.70. The molecule has 1 N–H and O–H groups in total. The Labute approximate surface area is 59.0 Å². The molecular weight excluding hydrogens is 135 g/mol. The quantitative estimate of drug-likeness (QED) is 0.588. The predicted molar refractivity (Wildman–Crippen MR) is 35.1 cm³/mol. The van der Waals surface area contributed by atoms with Crippen molar-refractivity contribution in [3.05, 3.63) is 0 Å². The van der Waals surface area contributed by atoms with E-state index in [0.29, 0.717) is 0 Å². The number of terminal acetylenes is 1. The van der Waals surface area contributed by atoms with E-state index in [0.717, 1.165) is 0 Å². The van der Waals surface area contributed by atoms with Gasteiger partial charge in [-0.3, -0.25) is 0 Å². The zero-order valence-electron chi connectivity index (χ0n) is 5.89. The Morgan fingerprint density at radius 3 is 2.30 bits per heavy atom. The van der Waals surface area contributed by atoms with Gasteiger partial charge in [-0.2, -0.15) is 0 Å². The first kappa shape index (κ1) is 8.96. The summed E-state index contributed by atoms with van der Waals surface area (Å²) in [6.45, 7) is 2.73. The first-order chi connectivity index (χ1) is 4.41. The molecule has 0 spiro atoms. The molecule has 0 aromatic carbocycles. The van der Waals surface area contributed by atoms with Gasteiger partial charge in [0.1, 0.15) is 0 Å². The number of alkyl halides is 1. The van der Waals surface area contributed by atoms with E-state index in [2.05, 4.69) is 5.92 Å². The third-order valence-electron chi connectivity index (χ3n) is 1.22. The van der Waals surface area contributed by atoms with E-state index in [4.69, 9.17) is 11.5 Å². The summed E-state index contributed by atoms with van der Waals surface area (Å²) in [5.74, 6) is 0.555. The van der Waals surface area contributed by atoms with Gasteiger partial charge in [0, 0.05) is 0 Å². The summed E-state index contributed by atoms with van der Waals surface area (Å²) in [5, 5.41) is 8.18. The molecule has 0 aromatic rings. The van der Waals surface area contributed by atoms with Gasteiger partial charge in [-0.1, -0.05) is 5.92 Å². The highest BCUT2D eigenvalue weighted by atomic mass is 19.1. The van der Waals surface area contributed by atoms with Gasteiger partial charge < -0.3 is 5.11 Å².